The number of aryl methyl sites for hydroxylation is 1. The molecule has 4 heteroatoms. The van der Waals surface area contributed by atoms with Crippen LogP contribution in [0, 0.1) is 6.92 Å². The largest absolute Gasteiger partial charge is 0.345 e. The van der Waals surface area contributed by atoms with Crippen LogP contribution in [0.5, 0.6) is 0 Å². The molecule has 1 aliphatic heterocycles. The zero-order valence-electron chi connectivity index (χ0n) is 9.36. The van der Waals surface area contributed by atoms with Gasteiger partial charge in [0, 0.05) is 5.69 Å². The fourth-order valence-electron chi connectivity index (χ4n) is 1.80. The summed E-state index contributed by atoms with van der Waals surface area (Å²) in [5.41, 5.74) is 1.91. The van der Waals surface area contributed by atoms with Crippen molar-refractivity contribution in [1.82, 2.24) is 5.32 Å². The number of anilines is 1. The third-order valence-electron chi connectivity index (χ3n) is 2.76. The standard InChI is InChI=1S/C12H14N2O2/c1-8-3-5-10(6-4-8)14-9(2)12(16)13-7-11(14)15/h3-6,9H,7H2,1-2H3,(H,13,16). The van der Waals surface area contributed by atoms with Gasteiger partial charge < -0.3 is 5.32 Å². The lowest BCUT2D eigenvalue weighted by atomic mass is 10.1. The molecule has 1 fully saturated rings. The van der Waals surface area contributed by atoms with E-state index < -0.39 is 6.04 Å². The van der Waals surface area contributed by atoms with Crippen molar-refractivity contribution < 1.29 is 9.59 Å². The average molecular weight is 218 g/mol. The second-order valence-corrected chi connectivity index (χ2v) is 3.99. The predicted molar refractivity (Wildman–Crippen MR) is 61.1 cm³/mol. The van der Waals surface area contributed by atoms with Crippen molar-refractivity contribution in [3.05, 3.63) is 29.8 Å². The first-order valence-electron chi connectivity index (χ1n) is 5.26. The van der Waals surface area contributed by atoms with Crippen LogP contribution in [0.4, 0.5) is 5.69 Å². The molecular formula is C12H14N2O2. The number of rotatable bonds is 1. The molecule has 2 amide bonds. The number of piperazine rings is 1. The Kier molecular flexibility index (Phi) is 2.64. The Labute approximate surface area is 94.2 Å². The van der Waals surface area contributed by atoms with Crippen LogP contribution in [-0.2, 0) is 9.59 Å². The third kappa shape index (κ3) is 1.78. The van der Waals surface area contributed by atoms with Crippen LogP contribution in [0.1, 0.15) is 12.5 Å². The number of hydrogen-bond acceptors (Lipinski definition) is 2. The summed E-state index contributed by atoms with van der Waals surface area (Å²) in [6.07, 6.45) is 0. The number of benzene rings is 1. The molecule has 1 aliphatic rings. The topological polar surface area (TPSA) is 49.4 Å². The molecule has 16 heavy (non-hydrogen) atoms. The van der Waals surface area contributed by atoms with Gasteiger partial charge in [-0.2, -0.15) is 0 Å². The highest BCUT2D eigenvalue weighted by Gasteiger charge is 2.31. The summed E-state index contributed by atoms with van der Waals surface area (Å²) in [6, 6.07) is 7.15. The van der Waals surface area contributed by atoms with Gasteiger partial charge in [0.15, 0.2) is 0 Å². The van der Waals surface area contributed by atoms with E-state index in [0.29, 0.717) is 0 Å². The number of carbonyl (C=O) groups is 2. The fraction of sp³-hybridized carbons (Fsp3) is 0.333. The smallest absolute Gasteiger partial charge is 0.247 e. The Hall–Kier alpha value is -1.84. The number of amides is 2. The first-order chi connectivity index (χ1) is 7.59. The number of nitrogens with zero attached hydrogens (tertiary/aromatic N) is 1. The number of hydrogen-bond donors (Lipinski definition) is 1. The van der Waals surface area contributed by atoms with Gasteiger partial charge in [0.1, 0.15) is 6.04 Å². The molecule has 0 radical (unpaired) electrons. The molecule has 0 aliphatic carbocycles. The summed E-state index contributed by atoms with van der Waals surface area (Å²) in [7, 11) is 0. The molecule has 0 aromatic heterocycles. The van der Waals surface area contributed by atoms with Gasteiger partial charge in [-0.05, 0) is 26.0 Å². The lowest BCUT2D eigenvalue weighted by Gasteiger charge is -2.32. The van der Waals surface area contributed by atoms with Crippen molar-refractivity contribution in [2.24, 2.45) is 0 Å². The van der Waals surface area contributed by atoms with E-state index in [0.717, 1.165) is 11.3 Å². The minimum atomic E-state index is -0.441. The molecule has 1 aromatic rings. The van der Waals surface area contributed by atoms with Gasteiger partial charge >= 0.3 is 0 Å². The Morgan fingerprint density at radius 2 is 1.88 bits per heavy atom. The summed E-state index contributed by atoms with van der Waals surface area (Å²) in [4.78, 5) is 24.8. The summed E-state index contributed by atoms with van der Waals surface area (Å²) >= 11 is 0. The molecule has 1 N–H and O–H groups in total. The molecule has 1 unspecified atom stereocenters. The predicted octanol–water partition coefficient (Wildman–Crippen LogP) is 0.846. The van der Waals surface area contributed by atoms with Gasteiger partial charge in [0.05, 0.1) is 6.54 Å². The summed E-state index contributed by atoms with van der Waals surface area (Å²) in [6.45, 7) is 3.79. The third-order valence-corrected chi connectivity index (χ3v) is 2.76. The van der Waals surface area contributed by atoms with Crippen LogP contribution in [0.15, 0.2) is 24.3 Å². The first-order valence-corrected chi connectivity index (χ1v) is 5.26. The van der Waals surface area contributed by atoms with Gasteiger partial charge in [-0.1, -0.05) is 17.7 Å². The molecule has 4 nitrogen and oxygen atoms in total. The maximum absolute atomic E-state index is 11.7. The van der Waals surface area contributed by atoms with Crippen molar-refractivity contribution in [2.75, 3.05) is 11.4 Å². The highest BCUT2D eigenvalue weighted by atomic mass is 16.2. The van der Waals surface area contributed by atoms with Crippen molar-refractivity contribution >= 4 is 17.5 Å². The number of nitrogens with one attached hydrogen (secondary N) is 1. The quantitative estimate of drug-likeness (QED) is 0.759. The maximum Gasteiger partial charge on any atom is 0.247 e. The minimum absolute atomic E-state index is 0.0732. The van der Waals surface area contributed by atoms with Crippen LogP contribution in [0.25, 0.3) is 0 Å². The molecule has 1 saturated heterocycles. The second-order valence-electron chi connectivity index (χ2n) is 3.99. The second kappa shape index (κ2) is 3.96. The highest BCUT2D eigenvalue weighted by Crippen LogP contribution is 2.19. The molecule has 0 saturated carbocycles. The van der Waals surface area contributed by atoms with E-state index in [-0.39, 0.29) is 18.4 Å². The van der Waals surface area contributed by atoms with E-state index in [2.05, 4.69) is 5.32 Å². The van der Waals surface area contributed by atoms with E-state index in [1.807, 2.05) is 31.2 Å². The molecule has 1 heterocycles. The summed E-state index contributed by atoms with van der Waals surface area (Å²) < 4.78 is 0. The lowest BCUT2D eigenvalue weighted by Crippen LogP contribution is -2.57. The zero-order valence-corrected chi connectivity index (χ0v) is 9.36. The Bertz CT molecular complexity index is 425. The van der Waals surface area contributed by atoms with Gasteiger partial charge in [-0.15, -0.1) is 0 Å². The van der Waals surface area contributed by atoms with E-state index in [1.54, 1.807) is 6.92 Å². The van der Waals surface area contributed by atoms with Gasteiger partial charge in [0.25, 0.3) is 0 Å². The van der Waals surface area contributed by atoms with E-state index >= 15 is 0 Å². The van der Waals surface area contributed by atoms with E-state index in [4.69, 9.17) is 0 Å². The Balaban J connectivity index is 2.33. The zero-order chi connectivity index (χ0) is 11.7. The van der Waals surface area contributed by atoms with E-state index in [1.165, 1.54) is 4.90 Å². The Morgan fingerprint density at radius 1 is 1.25 bits per heavy atom. The normalized spacial score (nSPS) is 20.9. The molecule has 1 aromatic carbocycles. The van der Waals surface area contributed by atoms with Crippen molar-refractivity contribution in [2.45, 2.75) is 19.9 Å². The number of carbonyl (C=O) groups excluding carboxylic acids is 2. The molecule has 2 rings (SSSR count). The SMILES string of the molecule is Cc1ccc(N2C(=O)CNC(=O)C2C)cc1. The first kappa shape index (κ1) is 10.7. The van der Waals surface area contributed by atoms with E-state index in [9.17, 15) is 9.59 Å². The summed E-state index contributed by atoms with van der Waals surface area (Å²) in [5.74, 6) is -0.184. The maximum atomic E-state index is 11.7. The molecule has 1 atom stereocenters. The van der Waals surface area contributed by atoms with Crippen molar-refractivity contribution in [1.29, 1.82) is 0 Å². The molecular weight excluding hydrogens is 204 g/mol. The lowest BCUT2D eigenvalue weighted by molar-refractivity contribution is -0.130. The molecule has 0 bridgehead atoms. The Morgan fingerprint density at radius 3 is 2.50 bits per heavy atom. The molecule has 0 spiro atoms. The van der Waals surface area contributed by atoms with Gasteiger partial charge in [0.2, 0.25) is 11.8 Å². The van der Waals surface area contributed by atoms with Crippen molar-refractivity contribution in [3.63, 3.8) is 0 Å². The monoisotopic (exact) mass is 218 g/mol. The fourth-order valence-corrected chi connectivity index (χ4v) is 1.80. The van der Waals surface area contributed by atoms with Crippen LogP contribution >= 0.6 is 0 Å². The van der Waals surface area contributed by atoms with Crippen LogP contribution in [0.3, 0.4) is 0 Å². The average Bonchev–Trinajstić information content (AvgIpc) is 2.27. The minimum Gasteiger partial charge on any atom is -0.345 e. The van der Waals surface area contributed by atoms with Crippen molar-refractivity contribution in [3.8, 4) is 0 Å². The van der Waals surface area contributed by atoms with Gasteiger partial charge in [-0.25, -0.2) is 0 Å². The van der Waals surface area contributed by atoms with Gasteiger partial charge in [-0.3, -0.25) is 14.5 Å². The highest BCUT2D eigenvalue weighted by molar-refractivity contribution is 6.06. The van der Waals surface area contributed by atoms with Crippen LogP contribution in [0.2, 0.25) is 0 Å². The van der Waals surface area contributed by atoms with Crippen LogP contribution in [-0.4, -0.2) is 24.4 Å². The molecule has 84 valence electrons. The van der Waals surface area contributed by atoms with Crippen LogP contribution < -0.4 is 10.2 Å². The summed E-state index contributed by atoms with van der Waals surface area (Å²) in [5, 5.41) is 2.56.